The summed E-state index contributed by atoms with van der Waals surface area (Å²) < 4.78 is 47.9. The molecule has 8 heteroatoms. The number of carbonyl (C=O) groups is 1. The van der Waals surface area contributed by atoms with E-state index in [1.165, 1.54) is 24.3 Å². The van der Waals surface area contributed by atoms with Gasteiger partial charge in [-0.2, -0.15) is 0 Å². The molecule has 0 aliphatic rings. The molecule has 2 heterocycles. The minimum atomic E-state index is -0.656. The molecule has 0 spiro atoms. The normalized spacial score (nSPS) is 11.5. The Kier molecular flexibility index (Phi) is 5.12. The Morgan fingerprint density at radius 1 is 0.811 bits per heavy atom. The summed E-state index contributed by atoms with van der Waals surface area (Å²) in [7, 11) is 0. The van der Waals surface area contributed by atoms with Crippen LogP contribution in [0.1, 0.15) is 21.5 Å². The fourth-order valence-electron chi connectivity index (χ4n) is 4.68. The van der Waals surface area contributed by atoms with Crippen molar-refractivity contribution in [1.82, 2.24) is 5.32 Å². The van der Waals surface area contributed by atoms with Crippen LogP contribution in [0.25, 0.3) is 43.8 Å². The Hall–Kier alpha value is -4.85. The van der Waals surface area contributed by atoms with Crippen LogP contribution in [0, 0.1) is 22.9 Å². The van der Waals surface area contributed by atoms with E-state index < -0.39 is 17.5 Å². The van der Waals surface area contributed by atoms with Crippen LogP contribution >= 0.6 is 0 Å². The minimum Gasteiger partial charge on any atom is -0.455 e. The Balaban J connectivity index is 1.32. The van der Waals surface area contributed by atoms with E-state index in [0.717, 1.165) is 27.6 Å². The molecule has 0 aliphatic heterocycles. The number of nitrogens with two attached hydrogens (primary N) is 1. The van der Waals surface area contributed by atoms with Crippen molar-refractivity contribution in [3.8, 4) is 11.1 Å². The monoisotopic (exact) mass is 497 g/mol. The van der Waals surface area contributed by atoms with Gasteiger partial charge in [0.25, 0.3) is 5.91 Å². The van der Waals surface area contributed by atoms with Gasteiger partial charge in [-0.3, -0.25) is 10.2 Å². The predicted octanol–water partition coefficient (Wildman–Crippen LogP) is 6.48. The van der Waals surface area contributed by atoms with Crippen molar-refractivity contribution >= 4 is 44.5 Å². The lowest BCUT2D eigenvalue weighted by Gasteiger charge is -2.08. The number of amidine groups is 1. The van der Waals surface area contributed by atoms with E-state index in [4.69, 9.17) is 15.6 Å². The van der Waals surface area contributed by atoms with Gasteiger partial charge in [0.05, 0.1) is 5.56 Å². The van der Waals surface area contributed by atoms with Gasteiger partial charge in [0.15, 0.2) is 0 Å². The van der Waals surface area contributed by atoms with Gasteiger partial charge in [0.1, 0.15) is 34.5 Å². The quantitative estimate of drug-likeness (QED) is 0.145. The van der Waals surface area contributed by atoms with Crippen molar-refractivity contribution in [3.05, 3.63) is 107 Å². The van der Waals surface area contributed by atoms with Crippen LogP contribution in [0.4, 0.5) is 13.2 Å². The van der Waals surface area contributed by atoms with Crippen LogP contribution in [-0.4, -0.2) is 11.7 Å². The Bertz CT molecular complexity index is 1880. The van der Waals surface area contributed by atoms with Crippen molar-refractivity contribution < 1.29 is 22.4 Å². The van der Waals surface area contributed by atoms with Crippen LogP contribution in [0.3, 0.4) is 0 Å². The summed E-state index contributed by atoms with van der Waals surface area (Å²) in [6.45, 7) is 0.0882. The van der Waals surface area contributed by atoms with Crippen LogP contribution in [0.15, 0.2) is 77.2 Å². The number of carbonyl (C=O) groups excluding carboxylic acids is 1. The first-order valence-corrected chi connectivity index (χ1v) is 11.4. The molecule has 0 saturated heterocycles. The van der Waals surface area contributed by atoms with Crippen LogP contribution in [-0.2, 0) is 6.54 Å². The molecule has 2 bridgehead atoms. The molecule has 182 valence electrons. The topological polar surface area (TPSA) is 92.1 Å². The summed E-state index contributed by atoms with van der Waals surface area (Å²) in [4.78, 5) is 12.8. The third-order valence-electron chi connectivity index (χ3n) is 6.50. The largest absolute Gasteiger partial charge is 0.455 e. The van der Waals surface area contributed by atoms with Crippen LogP contribution in [0.2, 0.25) is 0 Å². The van der Waals surface area contributed by atoms with Crippen molar-refractivity contribution in [1.29, 1.82) is 5.41 Å². The maximum absolute atomic E-state index is 14.4. The van der Waals surface area contributed by atoms with Crippen LogP contribution in [0.5, 0.6) is 0 Å². The average Bonchev–Trinajstić information content (AvgIpc) is 3.44. The molecule has 0 unspecified atom stereocenters. The lowest BCUT2D eigenvalue weighted by molar-refractivity contribution is 0.0951. The van der Waals surface area contributed by atoms with E-state index in [2.05, 4.69) is 5.32 Å². The second kappa shape index (κ2) is 8.37. The van der Waals surface area contributed by atoms with Gasteiger partial charge in [-0.05, 0) is 65.7 Å². The molecule has 4 N–H and O–H groups in total. The lowest BCUT2D eigenvalue weighted by Crippen LogP contribution is -2.23. The van der Waals surface area contributed by atoms with E-state index in [1.54, 1.807) is 30.3 Å². The highest BCUT2D eigenvalue weighted by Crippen LogP contribution is 2.42. The number of fused-ring (bicyclic) bond motifs is 8. The summed E-state index contributed by atoms with van der Waals surface area (Å²) in [5.74, 6) is -2.65. The van der Waals surface area contributed by atoms with Gasteiger partial charge in [-0.1, -0.05) is 12.1 Å². The van der Waals surface area contributed by atoms with Crippen molar-refractivity contribution in [2.24, 2.45) is 5.73 Å². The summed E-state index contributed by atoms with van der Waals surface area (Å²) >= 11 is 0. The smallest absolute Gasteiger partial charge is 0.251 e. The van der Waals surface area contributed by atoms with Crippen LogP contribution < -0.4 is 11.1 Å². The SMILES string of the molecule is N=C(N)c1ccc(CNC(=O)c2ccc3c(c2)c2oc3c3ccc(-c4ccc(F)cc4F)cc32)cc1F. The first-order valence-electron chi connectivity index (χ1n) is 11.4. The molecular weight excluding hydrogens is 479 g/mol. The Morgan fingerprint density at radius 3 is 2.27 bits per heavy atom. The fraction of sp³-hybridized carbons (Fsp3) is 0.0345. The van der Waals surface area contributed by atoms with Crippen molar-refractivity contribution in [3.63, 3.8) is 0 Å². The minimum absolute atomic E-state index is 0.00359. The number of rotatable bonds is 5. The third kappa shape index (κ3) is 3.74. The highest BCUT2D eigenvalue weighted by Gasteiger charge is 2.20. The molecule has 0 atom stereocenters. The number of hydrogen-bond donors (Lipinski definition) is 3. The molecule has 0 aliphatic carbocycles. The molecule has 0 saturated carbocycles. The molecule has 0 fully saturated rings. The second-order valence-electron chi connectivity index (χ2n) is 8.82. The number of amides is 1. The summed E-state index contributed by atoms with van der Waals surface area (Å²) in [5.41, 5.74) is 8.36. The standard InChI is InChI=1S/C29H18F3N3O2/c30-17-4-8-18(25(32)12-17)15-2-6-19-22(10-15)27-23-11-16(3-7-20(23)26(19)37-27)29(36)35-13-14-1-5-21(28(33)34)24(31)9-14/h1-12H,13H2,(H3,33,34)(H,35,36). The number of furan rings is 2. The Labute approximate surface area is 208 Å². The van der Waals surface area contributed by atoms with Gasteiger partial charge in [-0.25, -0.2) is 13.2 Å². The number of benzene rings is 5. The molecule has 5 nitrogen and oxygen atoms in total. The zero-order valence-electron chi connectivity index (χ0n) is 19.2. The van der Waals surface area contributed by atoms with Gasteiger partial charge in [0.2, 0.25) is 0 Å². The summed E-state index contributed by atoms with van der Waals surface area (Å²) in [6, 6.07) is 18.3. The number of nitrogens with one attached hydrogen (secondary N) is 2. The average molecular weight is 497 g/mol. The number of halogens is 3. The first kappa shape index (κ1) is 22.6. The number of hydrogen-bond acceptors (Lipinski definition) is 3. The lowest BCUT2D eigenvalue weighted by atomic mass is 9.97. The third-order valence-corrected chi connectivity index (χ3v) is 6.50. The van der Waals surface area contributed by atoms with E-state index >= 15 is 0 Å². The highest BCUT2D eigenvalue weighted by molar-refractivity contribution is 6.26. The summed E-state index contributed by atoms with van der Waals surface area (Å²) in [5, 5.41) is 13.4. The molecular formula is C29H18F3N3O2. The molecule has 1 amide bonds. The molecule has 2 aromatic heterocycles. The van der Waals surface area contributed by atoms with Gasteiger partial charge < -0.3 is 15.5 Å². The first-order chi connectivity index (χ1) is 17.8. The van der Waals surface area contributed by atoms with Gasteiger partial charge in [-0.15, -0.1) is 0 Å². The maximum atomic E-state index is 14.4. The van der Waals surface area contributed by atoms with E-state index in [-0.39, 0.29) is 29.4 Å². The fourth-order valence-corrected chi connectivity index (χ4v) is 4.68. The predicted molar refractivity (Wildman–Crippen MR) is 136 cm³/mol. The molecule has 6 rings (SSSR count). The van der Waals surface area contributed by atoms with Gasteiger partial charge >= 0.3 is 0 Å². The molecule has 0 radical (unpaired) electrons. The van der Waals surface area contributed by atoms with Crippen molar-refractivity contribution in [2.75, 3.05) is 0 Å². The van der Waals surface area contributed by atoms with E-state index in [1.807, 2.05) is 12.1 Å². The van der Waals surface area contributed by atoms with E-state index in [0.29, 0.717) is 27.9 Å². The molecule has 6 aromatic rings. The zero-order chi connectivity index (χ0) is 25.8. The summed E-state index contributed by atoms with van der Waals surface area (Å²) in [6.07, 6.45) is 0. The number of nitrogen functional groups attached to an aromatic ring is 1. The highest BCUT2D eigenvalue weighted by atomic mass is 19.1. The second-order valence-corrected chi connectivity index (χ2v) is 8.82. The zero-order valence-corrected chi connectivity index (χ0v) is 19.2. The maximum Gasteiger partial charge on any atom is 0.251 e. The molecule has 4 aromatic carbocycles. The Morgan fingerprint density at radius 2 is 1.54 bits per heavy atom. The molecule has 37 heavy (non-hydrogen) atoms. The van der Waals surface area contributed by atoms with Gasteiger partial charge in [0, 0.05) is 45.3 Å². The van der Waals surface area contributed by atoms with E-state index in [9.17, 15) is 18.0 Å². The van der Waals surface area contributed by atoms with Crippen molar-refractivity contribution in [2.45, 2.75) is 6.54 Å².